The van der Waals surface area contributed by atoms with Crippen LogP contribution >= 0.6 is 23.2 Å². The van der Waals surface area contributed by atoms with Gasteiger partial charge in [-0.05, 0) is 67.6 Å². The van der Waals surface area contributed by atoms with E-state index in [9.17, 15) is 18.8 Å². The topological polar surface area (TPSA) is 88.2 Å². The third-order valence-corrected chi connectivity index (χ3v) is 9.68. The number of likely N-dealkylation sites (N-methyl/N-ethyl adjacent to an activating group) is 1. The second-order valence-corrected chi connectivity index (χ2v) is 12.0. The van der Waals surface area contributed by atoms with Gasteiger partial charge in [0, 0.05) is 58.1 Å². The summed E-state index contributed by atoms with van der Waals surface area (Å²) in [4.78, 5) is 44.2. The summed E-state index contributed by atoms with van der Waals surface area (Å²) in [6.07, 6.45) is 1.87. The van der Waals surface area contributed by atoms with Crippen LogP contribution in [0.2, 0.25) is 10.0 Å². The van der Waals surface area contributed by atoms with Crippen LogP contribution in [0.15, 0.2) is 42.5 Å². The zero-order chi connectivity index (χ0) is 29.3. The number of benzene rings is 2. The second kappa shape index (κ2) is 12.3. The van der Waals surface area contributed by atoms with Crippen molar-refractivity contribution in [1.82, 2.24) is 15.1 Å². The number of likely N-dealkylation sites (tertiary alicyclic amines) is 1. The first kappa shape index (κ1) is 29.8. The molecule has 5 rings (SSSR count). The Kier molecular flexibility index (Phi) is 8.90. The SMILES string of the molecule is COC1CC(C(=O)N2CCC(C(=O)[C@@]3(N(C)C(=O)Oc4ccc(F)cc4)CNC[C@H]3c3ccc(Cl)c(Cl)c3)CC2)C1. The summed E-state index contributed by atoms with van der Waals surface area (Å²) < 4.78 is 24.3. The van der Waals surface area contributed by atoms with Crippen LogP contribution in [0.25, 0.3) is 0 Å². The number of ketones is 1. The molecule has 1 N–H and O–H groups in total. The van der Waals surface area contributed by atoms with Crippen molar-refractivity contribution < 1.29 is 28.2 Å². The summed E-state index contributed by atoms with van der Waals surface area (Å²) in [6.45, 7) is 1.60. The number of nitrogens with zero attached hydrogens (tertiary/aromatic N) is 2. The van der Waals surface area contributed by atoms with E-state index in [1.165, 1.54) is 29.2 Å². The van der Waals surface area contributed by atoms with Crippen molar-refractivity contribution in [2.24, 2.45) is 11.8 Å². The highest BCUT2D eigenvalue weighted by Crippen LogP contribution is 2.42. The van der Waals surface area contributed by atoms with Crippen LogP contribution in [0, 0.1) is 17.7 Å². The lowest BCUT2D eigenvalue weighted by Gasteiger charge is -2.44. The monoisotopic (exact) mass is 605 g/mol. The van der Waals surface area contributed by atoms with Crippen LogP contribution in [0.3, 0.4) is 0 Å². The van der Waals surface area contributed by atoms with Crippen molar-refractivity contribution in [3.05, 3.63) is 63.9 Å². The summed E-state index contributed by atoms with van der Waals surface area (Å²) in [6, 6.07) is 10.4. The lowest BCUT2D eigenvalue weighted by Crippen LogP contribution is -2.62. The fraction of sp³-hybridized carbons (Fsp3) is 0.500. The Morgan fingerprint density at radius 3 is 2.34 bits per heavy atom. The molecule has 0 spiro atoms. The molecule has 3 fully saturated rings. The molecule has 2 aromatic rings. The van der Waals surface area contributed by atoms with Gasteiger partial charge in [-0.3, -0.25) is 14.5 Å². The first-order valence-electron chi connectivity index (χ1n) is 13.9. The van der Waals surface area contributed by atoms with Crippen molar-refractivity contribution in [3.63, 3.8) is 0 Å². The molecule has 2 heterocycles. The number of Topliss-reactive ketones (excluding diaryl/α,β-unsaturated/α-hetero) is 1. The molecule has 8 nitrogen and oxygen atoms in total. The first-order valence-corrected chi connectivity index (χ1v) is 14.6. The van der Waals surface area contributed by atoms with Gasteiger partial charge in [0.15, 0.2) is 5.78 Å². The Bertz CT molecular complexity index is 1300. The normalized spacial score (nSPS) is 26.4. The molecule has 3 aliphatic rings. The fourth-order valence-corrected chi connectivity index (χ4v) is 6.67. The lowest BCUT2D eigenvalue weighted by atomic mass is 9.72. The van der Waals surface area contributed by atoms with Gasteiger partial charge in [-0.25, -0.2) is 9.18 Å². The summed E-state index contributed by atoms with van der Waals surface area (Å²) in [5.74, 6) is -1.08. The number of rotatable bonds is 7. The van der Waals surface area contributed by atoms with Gasteiger partial charge in [-0.15, -0.1) is 0 Å². The quantitative estimate of drug-likeness (QED) is 0.482. The minimum atomic E-state index is -1.29. The summed E-state index contributed by atoms with van der Waals surface area (Å²) in [5, 5.41) is 4.06. The number of carbonyl (C=O) groups is 3. The Balaban J connectivity index is 1.39. The van der Waals surface area contributed by atoms with E-state index in [0.29, 0.717) is 42.5 Å². The molecule has 2 atom stereocenters. The van der Waals surface area contributed by atoms with Crippen LogP contribution in [0.4, 0.5) is 9.18 Å². The van der Waals surface area contributed by atoms with Gasteiger partial charge < -0.3 is 19.7 Å². The summed E-state index contributed by atoms with van der Waals surface area (Å²) in [5.41, 5.74) is -0.519. The molecule has 11 heteroatoms. The molecule has 41 heavy (non-hydrogen) atoms. The lowest BCUT2D eigenvalue weighted by molar-refractivity contribution is -0.147. The zero-order valence-corrected chi connectivity index (χ0v) is 24.6. The third kappa shape index (κ3) is 5.82. The highest BCUT2D eigenvalue weighted by Gasteiger charge is 2.56. The molecule has 2 amide bonds. The van der Waals surface area contributed by atoms with Gasteiger partial charge in [0.2, 0.25) is 5.91 Å². The Labute approximate surface area is 249 Å². The number of piperidine rings is 1. The first-order chi connectivity index (χ1) is 19.6. The van der Waals surface area contributed by atoms with Gasteiger partial charge in [-0.2, -0.15) is 0 Å². The van der Waals surface area contributed by atoms with Gasteiger partial charge in [-0.1, -0.05) is 29.3 Å². The number of methoxy groups -OCH3 is 1. The molecule has 0 radical (unpaired) electrons. The molecule has 2 aliphatic heterocycles. The predicted molar refractivity (Wildman–Crippen MR) is 153 cm³/mol. The van der Waals surface area contributed by atoms with E-state index in [1.54, 1.807) is 26.3 Å². The number of carbonyl (C=O) groups excluding carboxylic acids is 3. The molecular weight excluding hydrogens is 572 g/mol. The molecular formula is C30H34Cl2FN3O5. The Morgan fingerprint density at radius 2 is 1.71 bits per heavy atom. The smallest absolute Gasteiger partial charge is 0.410 e. The van der Waals surface area contributed by atoms with Crippen LogP contribution in [0.5, 0.6) is 5.75 Å². The van der Waals surface area contributed by atoms with E-state index < -0.39 is 23.4 Å². The highest BCUT2D eigenvalue weighted by atomic mass is 35.5. The minimum absolute atomic E-state index is 0.0241. The fourth-order valence-electron chi connectivity index (χ4n) is 6.37. The summed E-state index contributed by atoms with van der Waals surface area (Å²) in [7, 11) is 3.22. The predicted octanol–water partition coefficient (Wildman–Crippen LogP) is 4.92. The zero-order valence-electron chi connectivity index (χ0n) is 23.1. The molecule has 220 valence electrons. The van der Waals surface area contributed by atoms with Crippen molar-refractivity contribution in [1.29, 1.82) is 0 Å². The minimum Gasteiger partial charge on any atom is -0.410 e. The molecule has 2 aromatic carbocycles. The largest absolute Gasteiger partial charge is 0.415 e. The number of amides is 2. The van der Waals surface area contributed by atoms with E-state index in [-0.39, 0.29) is 41.9 Å². The van der Waals surface area contributed by atoms with E-state index in [2.05, 4.69) is 5.32 Å². The molecule has 1 aliphatic carbocycles. The number of halogens is 3. The van der Waals surface area contributed by atoms with Gasteiger partial charge in [0.05, 0.1) is 16.1 Å². The maximum atomic E-state index is 14.5. The Hall–Kier alpha value is -2.72. The van der Waals surface area contributed by atoms with E-state index in [0.717, 1.165) is 18.4 Å². The number of ether oxygens (including phenoxy) is 2. The van der Waals surface area contributed by atoms with E-state index in [1.807, 2.05) is 11.0 Å². The highest BCUT2D eigenvalue weighted by molar-refractivity contribution is 6.42. The molecule has 0 aromatic heterocycles. The van der Waals surface area contributed by atoms with Crippen LogP contribution in [-0.2, 0) is 14.3 Å². The van der Waals surface area contributed by atoms with Crippen LogP contribution < -0.4 is 10.1 Å². The number of hydrogen-bond donors (Lipinski definition) is 1. The number of nitrogens with one attached hydrogen (secondary N) is 1. The Morgan fingerprint density at radius 1 is 1.02 bits per heavy atom. The van der Waals surface area contributed by atoms with Crippen LogP contribution in [0.1, 0.15) is 37.2 Å². The van der Waals surface area contributed by atoms with Crippen molar-refractivity contribution in [3.8, 4) is 5.75 Å². The van der Waals surface area contributed by atoms with Crippen molar-refractivity contribution in [2.75, 3.05) is 40.3 Å². The van der Waals surface area contributed by atoms with Gasteiger partial charge >= 0.3 is 6.09 Å². The van der Waals surface area contributed by atoms with Crippen molar-refractivity contribution >= 4 is 41.0 Å². The summed E-state index contributed by atoms with van der Waals surface area (Å²) >= 11 is 12.5. The molecule has 0 bridgehead atoms. The van der Waals surface area contributed by atoms with Crippen LogP contribution in [-0.4, -0.2) is 79.6 Å². The maximum Gasteiger partial charge on any atom is 0.415 e. The third-order valence-electron chi connectivity index (χ3n) is 8.94. The molecule has 1 saturated carbocycles. The average Bonchev–Trinajstić information content (AvgIpc) is 3.40. The van der Waals surface area contributed by atoms with Gasteiger partial charge in [0.1, 0.15) is 17.1 Å². The number of hydrogen-bond acceptors (Lipinski definition) is 6. The standard InChI is InChI=1S/C30H34Cl2FN3O5/c1-35(29(39)41-22-6-4-21(33)5-7-22)30(17-34-16-24(30)19-3-8-25(31)26(32)15-19)27(37)18-9-11-36(12-10-18)28(38)20-13-23(14-20)40-2/h3-8,15,18,20,23-24,34H,9-14,16-17H2,1-2H3/t20?,23?,24-,30+/m0/s1. The average molecular weight is 607 g/mol. The van der Waals surface area contributed by atoms with E-state index >= 15 is 0 Å². The maximum absolute atomic E-state index is 14.5. The molecule has 0 unspecified atom stereocenters. The molecule has 2 saturated heterocycles. The van der Waals surface area contributed by atoms with Crippen molar-refractivity contribution in [2.45, 2.75) is 43.2 Å². The van der Waals surface area contributed by atoms with Gasteiger partial charge in [0.25, 0.3) is 0 Å². The van der Waals surface area contributed by atoms with E-state index in [4.69, 9.17) is 32.7 Å². The second-order valence-electron chi connectivity index (χ2n) is 11.2.